The largest absolute Gasteiger partial charge is 0.422 e. The van der Waals surface area contributed by atoms with Crippen molar-refractivity contribution in [3.05, 3.63) is 59.9 Å². The molecule has 0 unspecified atom stereocenters. The molecule has 0 amide bonds. The number of hydrogen-bond donors (Lipinski definition) is 0. The number of rotatable bonds is 5. The molecule has 0 atom stereocenters. The highest BCUT2D eigenvalue weighted by molar-refractivity contribution is 6.08. The Kier molecular flexibility index (Phi) is 4.44. The fourth-order valence-corrected chi connectivity index (χ4v) is 2.80. The number of ether oxygens (including phenoxy) is 2. The molecule has 130 valence electrons. The lowest BCUT2D eigenvalue weighted by molar-refractivity contribution is -0.240. The van der Waals surface area contributed by atoms with Gasteiger partial charge in [-0.15, -0.1) is 0 Å². The van der Waals surface area contributed by atoms with Gasteiger partial charge in [-0.05, 0) is 18.6 Å². The standard InChI is InChI=1S/C19H19NO5/c1-19(2)24-17(22)14(18(23)25-19)10-12-20-11-6-9-15(20)16(21)13-7-4-3-5-8-13/h3-9,11,14H,10,12H2,1-2H3. The maximum Gasteiger partial charge on any atom is 0.323 e. The van der Waals surface area contributed by atoms with Gasteiger partial charge in [-0.2, -0.15) is 0 Å². The summed E-state index contributed by atoms with van der Waals surface area (Å²) >= 11 is 0. The minimum atomic E-state index is -1.23. The van der Waals surface area contributed by atoms with Crippen molar-refractivity contribution >= 4 is 17.7 Å². The first-order valence-electron chi connectivity index (χ1n) is 8.08. The second kappa shape index (κ2) is 6.55. The Balaban J connectivity index is 1.71. The second-order valence-corrected chi connectivity index (χ2v) is 6.37. The summed E-state index contributed by atoms with van der Waals surface area (Å²) in [5, 5.41) is 0. The summed E-state index contributed by atoms with van der Waals surface area (Å²) in [6.07, 6.45) is 1.96. The van der Waals surface area contributed by atoms with Crippen molar-refractivity contribution in [1.82, 2.24) is 4.57 Å². The molecule has 1 saturated heterocycles. The van der Waals surface area contributed by atoms with Crippen LogP contribution in [-0.2, 0) is 25.6 Å². The highest BCUT2D eigenvalue weighted by Crippen LogP contribution is 2.25. The number of aryl methyl sites for hydroxylation is 1. The molecule has 1 aliphatic rings. The highest BCUT2D eigenvalue weighted by Gasteiger charge is 2.42. The fraction of sp³-hybridized carbons (Fsp3) is 0.316. The monoisotopic (exact) mass is 341 g/mol. The zero-order valence-corrected chi connectivity index (χ0v) is 14.1. The first-order valence-corrected chi connectivity index (χ1v) is 8.08. The summed E-state index contributed by atoms with van der Waals surface area (Å²) in [5.41, 5.74) is 1.09. The lowest BCUT2D eigenvalue weighted by Gasteiger charge is -2.32. The number of benzene rings is 1. The van der Waals surface area contributed by atoms with Crippen LogP contribution < -0.4 is 0 Å². The lowest BCUT2D eigenvalue weighted by Crippen LogP contribution is -2.46. The molecular weight excluding hydrogens is 322 g/mol. The van der Waals surface area contributed by atoms with E-state index in [0.717, 1.165) is 0 Å². The molecule has 0 bridgehead atoms. The molecule has 1 aromatic carbocycles. The van der Waals surface area contributed by atoms with Gasteiger partial charge in [0, 0.05) is 32.2 Å². The van der Waals surface area contributed by atoms with Crippen LogP contribution >= 0.6 is 0 Å². The predicted octanol–water partition coefficient (Wildman–Crippen LogP) is 2.56. The number of esters is 2. The fourth-order valence-electron chi connectivity index (χ4n) is 2.80. The van der Waals surface area contributed by atoms with E-state index in [1.807, 2.05) is 6.07 Å². The molecule has 6 heteroatoms. The Labute approximate surface area is 145 Å². The van der Waals surface area contributed by atoms with Gasteiger partial charge in [0.15, 0.2) is 5.92 Å². The van der Waals surface area contributed by atoms with Crippen LogP contribution in [0.3, 0.4) is 0 Å². The first kappa shape index (κ1) is 17.0. The maximum atomic E-state index is 12.6. The van der Waals surface area contributed by atoms with Gasteiger partial charge in [-0.3, -0.25) is 14.4 Å². The quantitative estimate of drug-likeness (QED) is 0.475. The van der Waals surface area contributed by atoms with E-state index >= 15 is 0 Å². The molecule has 0 radical (unpaired) electrons. The summed E-state index contributed by atoms with van der Waals surface area (Å²) in [7, 11) is 0. The molecule has 2 aromatic rings. The van der Waals surface area contributed by atoms with Crippen molar-refractivity contribution in [2.45, 2.75) is 32.6 Å². The molecule has 0 N–H and O–H groups in total. The van der Waals surface area contributed by atoms with Crippen molar-refractivity contribution in [3.8, 4) is 0 Å². The van der Waals surface area contributed by atoms with E-state index in [4.69, 9.17) is 9.47 Å². The Hall–Kier alpha value is -2.89. The number of nitrogens with zero attached hydrogens (tertiary/aromatic N) is 1. The average Bonchev–Trinajstić information content (AvgIpc) is 3.01. The molecule has 1 fully saturated rings. The average molecular weight is 341 g/mol. The van der Waals surface area contributed by atoms with E-state index in [9.17, 15) is 14.4 Å². The summed E-state index contributed by atoms with van der Waals surface area (Å²) in [6.45, 7) is 3.36. The molecule has 2 heterocycles. The van der Waals surface area contributed by atoms with Crippen molar-refractivity contribution in [2.24, 2.45) is 5.92 Å². The van der Waals surface area contributed by atoms with Gasteiger partial charge >= 0.3 is 11.9 Å². The normalized spacial score (nSPS) is 17.0. The Bertz CT molecular complexity index is 786. The minimum Gasteiger partial charge on any atom is -0.422 e. The molecule has 0 aliphatic carbocycles. The zero-order chi connectivity index (χ0) is 18.0. The van der Waals surface area contributed by atoms with Gasteiger partial charge in [0.25, 0.3) is 5.79 Å². The Morgan fingerprint density at radius 2 is 1.68 bits per heavy atom. The number of cyclic esters (lactones) is 2. The van der Waals surface area contributed by atoms with Gasteiger partial charge in [0.05, 0.1) is 5.69 Å². The van der Waals surface area contributed by atoms with E-state index in [0.29, 0.717) is 17.8 Å². The number of ketones is 1. The second-order valence-electron chi connectivity index (χ2n) is 6.37. The number of carbonyl (C=O) groups excluding carboxylic acids is 3. The van der Waals surface area contributed by atoms with Crippen LogP contribution in [0.5, 0.6) is 0 Å². The van der Waals surface area contributed by atoms with E-state index in [1.165, 1.54) is 13.8 Å². The van der Waals surface area contributed by atoms with Gasteiger partial charge in [0.2, 0.25) is 5.78 Å². The molecule has 1 aromatic heterocycles. The van der Waals surface area contributed by atoms with Crippen LogP contribution in [0, 0.1) is 5.92 Å². The Morgan fingerprint density at radius 1 is 1.04 bits per heavy atom. The first-order chi connectivity index (χ1) is 11.9. The van der Waals surface area contributed by atoms with Crippen molar-refractivity contribution in [2.75, 3.05) is 0 Å². The van der Waals surface area contributed by atoms with Crippen LogP contribution in [-0.4, -0.2) is 28.1 Å². The third-order valence-electron chi connectivity index (χ3n) is 4.02. The zero-order valence-electron chi connectivity index (χ0n) is 14.1. The van der Waals surface area contributed by atoms with E-state index in [1.54, 1.807) is 47.2 Å². The topological polar surface area (TPSA) is 74.6 Å². The van der Waals surface area contributed by atoms with Gasteiger partial charge in [0.1, 0.15) is 0 Å². The third-order valence-corrected chi connectivity index (χ3v) is 4.02. The van der Waals surface area contributed by atoms with E-state index < -0.39 is 23.6 Å². The molecule has 6 nitrogen and oxygen atoms in total. The Morgan fingerprint density at radius 3 is 2.32 bits per heavy atom. The number of hydrogen-bond acceptors (Lipinski definition) is 5. The van der Waals surface area contributed by atoms with Crippen molar-refractivity contribution < 1.29 is 23.9 Å². The minimum absolute atomic E-state index is 0.111. The van der Waals surface area contributed by atoms with Crippen LogP contribution in [0.15, 0.2) is 48.7 Å². The highest BCUT2D eigenvalue weighted by atomic mass is 16.7. The van der Waals surface area contributed by atoms with Crippen LogP contribution in [0.2, 0.25) is 0 Å². The molecule has 0 spiro atoms. The molecule has 3 rings (SSSR count). The predicted molar refractivity (Wildman–Crippen MR) is 88.7 cm³/mol. The maximum absolute atomic E-state index is 12.6. The van der Waals surface area contributed by atoms with Gasteiger partial charge < -0.3 is 14.0 Å². The molecule has 25 heavy (non-hydrogen) atoms. The molecule has 0 saturated carbocycles. The van der Waals surface area contributed by atoms with Crippen LogP contribution in [0.1, 0.15) is 36.3 Å². The smallest absolute Gasteiger partial charge is 0.323 e. The van der Waals surface area contributed by atoms with E-state index in [2.05, 4.69) is 0 Å². The number of aromatic nitrogens is 1. The van der Waals surface area contributed by atoms with Crippen molar-refractivity contribution in [1.29, 1.82) is 0 Å². The lowest BCUT2D eigenvalue weighted by atomic mass is 10.0. The number of carbonyl (C=O) groups is 3. The molecule has 1 aliphatic heterocycles. The van der Waals surface area contributed by atoms with Gasteiger partial charge in [-0.25, -0.2) is 0 Å². The summed E-state index contributed by atoms with van der Waals surface area (Å²) in [5.74, 6) is -3.50. The van der Waals surface area contributed by atoms with Crippen LogP contribution in [0.25, 0.3) is 0 Å². The van der Waals surface area contributed by atoms with Crippen LogP contribution in [0.4, 0.5) is 0 Å². The SMILES string of the molecule is CC1(C)OC(=O)C(CCn2cccc2C(=O)c2ccccc2)C(=O)O1. The van der Waals surface area contributed by atoms with E-state index in [-0.39, 0.29) is 12.2 Å². The molecular formula is C19H19NO5. The third kappa shape index (κ3) is 3.63. The summed E-state index contributed by atoms with van der Waals surface area (Å²) in [4.78, 5) is 36.6. The summed E-state index contributed by atoms with van der Waals surface area (Å²) in [6, 6.07) is 12.4. The van der Waals surface area contributed by atoms with Gasteiger partial charge in [-0.1, -0.05) is 30.3 Å². The van der Waals surface area contributed by atoms with Crippen molar-refractivity contribution in [3.63, 3.8) is 0 Å². The summed E-state index contributed by atoms with van der Waals surface area (Å²) < 4.78 is 12.0.